The number of hydrogen-bond acceptors (Lipinski definition) is 2. The fourth-order valence-electron chi connectivity index (χ4n) is 3.92. The van der Waals surface area contributed by atoms with E-state index >= 15 is 0 Å². The number of benzene rings is 1. The van der Waals surface area contributed by atoms with E-state index in [9.17, 15) is 9.59 Å². The van der Waals surface area contributed by atoms with Crippen LogP contribution in [0.1, 0.15) is 40.5 Å². The number of hydrogen-bond donors (Lipinski definition) is 0. The van der Waals surface area contributed by atoms with Gasteiger partial charge in [-0.25, -0.2) is 0 Å². The largest absolute Gasteiger partial charge is 0.271 e. The van der Waals surface area contributed by atoms with Crippen molar-refractivity contribution < 1.29 is 9.59 Å². The van der Waals surface area contributed by atoms with Crippen LogP contribution in [0.5, 0.6) is 0 Å². The third kappa shape index (κ3) is 1.14. The topological polar surface area (TPSA) is 37.4 Å². The van der Waals surface area contributed by atoms with Crippen molar-refractivity contribution in [1.29, 1.82) is 0 Å². The smallest absolute Gasteiger partial charge is 0.261 e. The molecule has 0 spiro atoms. The van der Waals surface area contributed by atoms with E-state index in [4.69, 9.17) is 0 Å². The molecular weight excluding hydrogens is 226 g/mol. The summed E-state index contributed by atoms with van der Waals surface area (Å²) in [6.07, 6.45) is 2.37. The molecule has 0 saturated heterocycles. The number of amides is 2. The van der Waals surface area contributed by atoms with Crippen LogP contribution in [-0.4, -0.2) is 22.8 Å². The zero-order valence-corrected chi connectivity index (χ0v) is 10.3. The van der Waals surface area contributed by atoms with Gasteiger partial charge in [0.25, 0.3) is 11.8 Å². The number of carbonyl (C=O) groups is 2. The molecule has 4 atom stereocenters. The van der Waals surface area contributed by atoms with Crippen LogP contribution in [0, 0.1) is 17.8 Å². The summed E-state index contributed by atoms with van der Waals surface area (Å²) in [5, 5.41) is 0. The molecule has 0 unspecified atom stereocenters. The van der Waals surface area contributed by atoms with Crippen LogP contribution >= 0.6 is 0 Å². The number of carbonyl (C=O) groups excluding carboxylic acids is 2. The van der Waals surface area contributed by atoms with Crippen LogP contribution in [0.15, 0.2) is 24.3 Å². The molecule has 1 aromatic rings. The second-order valence-corrected chi connectivity index (χ2v) is 5.89. The highest BCUT2D eigenvalue weighted by molar-refractivity contribution is 6.21. The SMILES string of the molecule is C[C@H]1C[C@@H]2C[C@@H]2[C@H]1N1C(=O)c2ccccc2C1=O. The van der Waals surface area contributed by atoms with Crippen LogP contribution in [0.3, 0.4) is 0 Å². The van der Waals surface area contributed by atoms with Crippen molar-refractivity contribution in [2.45, 2.75) is 25.8 Å². The molecule has 0 aromatic heterocycles. The number of nitrogens with zero attached hydrogens (tertiary/aromatic N) is 1. The summed E-state index contributed by atoms with van der Waals surface area (Å²) < 4.78 is 0. The first kappa shape index (κ1) is 10.3. The van der Waals surface area contributed by atoms with Crippen LogP contribution in [0.4, 0.5) is 0 Å². The summed E-state index contributed by atoms with van der Waals surface area (Å²) >= 11 is 0. The normalized spacial score (nSPS) is 36.8. The molecule has 3 aliphatic rings. The fraction of sp³-hybridized carbons (Fsp3) is 0.467. The lowest BCUT2D eigenvalue weighted by Crippen LogP contribution is -2.43. The Morgan fingerprint density at radius 2 is 1.67 bits per heavy atom. The lowest BCUT2D eigenvalue weighted by molar-refractivity contribution is 0.0530. The quantitative estimate of drug-likeness (QED) is 0.708. The van der Waals surface area contributed by atoms with E-state index in [2.05, 4.69) is 6.92 Å². The van der Waals surface area contributed by atoms with Gasteiger partial charge in [-0.1, -0.05) is 19.1 Å². The molecule has 3 heteroatoms. The Morgan fingerprint density at radius 3 is 2.17 bits per heavy atom. The maximum absolute atomic E-state index is 12.4. The van der Waals surface area contributed by atoms with Gasteiger partial charge in [0.05, 0.1) is 11.1 Å². The second kappa shape index (κ2) is 3.22. The molecule has 4 rings (SSSR count). The highest BCUT2D eigenvalue weighted by atomic mass is 16.2. The van der Waals surface area contributed by atoms with Gasteiger partial charge in [0.2, 0.25) is 0 Å². The van der Waals surface area contributed by atoms with Crippen LogP contribution < -0.4 is 0 Å². The van der Waals surface area contributed by atoms with E-state index in [1.54, 1.807) is 17.0 Å². The van der Waals surface area contributed by atoms with Crippen molar-refractivity contribution in [3.05, 3.63) is 35.4 Å². The monoisotopic (exact) mass is 241 g/mol. The molecule has 3 nitrogen and oxygen atoms in total. The van der Waals surface area contributed by atoms with Crippen molar-refractivity contribution in [3.63, 3.8) is 0 Å². The molecule has 2 saturated carbocycles. The molecule has 0 N–H and O–H groups in total. The summed E-state index contributed by atoms with van der Waals surface area (Å²) in [6, 6.07) is 7.32. The van der Waals surface area contributed by atoms with Gasteiger partial charge in [0.15, 0.2) is 0 Å². The Hall–Kier alpha value is -1.64. The van der Waals surface area contributed by atoms with E-state index in [-0.39, 0.29) is 17.9 Å². The minimum Gasteiger partial charge on any atom is -0.271 e. The van der Waals surface area contributed by atoms with E-state index in [1.807, 2.05) is 12.1 Å². The zero-order valence-electron chi connectivity index (χ0n) is 10.3. The Balaban J connectivity index is 1.76. The predicted octanol–water partition coefficient (Wildman–Crippen LogP) is 2.33. The molecule has 92 valence electrons. The van der Waals surface area contributed by atoms with Crippen LogP contribution in [-0.2, 0) is 0 Å². The van der Waals surface area contributed by atoms with Crippen molar-refractivity contribution in [2.75, 3.05) is 0 Å². The number of imide groups is 1. The minimum absolute atomic E-state index is 0.0833. The van der Waals surface area contributed by atoms with E-state index in [0.717, 1.165) is 5.92 Å². The van der Waals surface area contributed by atoms with E-state index in [0.29, 0.717) is 23.0 Å². The molecule has 18 heavy (non-hydrogen) atoms. The predicted molar refractivity (Wildman–Crippen MR) is 66.1 cm³/mol. The van der Waals surface area contributed by atoms with Gasteiger partial charge in [-0.05, 0) is 42.7 Å². The van der Waals surface area contributed by atoms with Gasteiger partial charge in [-0.2, -0.15) is 0 Å². The number of rotatable bonds is 1. The molecule has 1 aliphatic heterocycles. The number of fused-ring (bicyclic) bond motifs is 2. The fourth-order valence-corrected chi connectivity index (χ4v) is 3.92. The molecular formula is C15H15NO2. The summed E-state index contributed by atoms with van der Waals surface area (Å²) in [7, 11) is 0. The van der Waals surface area contributed by atoms with Gasteiger partial charge in [-0.3, -0.25) is 14.5 Å². The molecule has 2 aliphatic carbocycles. The third-order valence-corrected chi connectivity index (χ3v) is 4.80. The Morgan fingerprint density at radius 1 is 1.06 bits per heavy atom. The van der Waals surface area contributed by atoms with Crippen LogP contribution in [0.2, 0.25) is 0 Å². The lowest BCUT2D eigenvalue weighted by atomic mass is 9.99. The molecule has 2 fully saturated rings. The maximum Gasteiger partial charge on any atom is 0.261 e. The standard InChI is InChI=1S/C15H15NO2/c1-8-6-9-7-12(9)13(8)16-14(17)10-4-2-3-5-11(10)15(16)18/h2-5,8-9,12-13H,6-7H2,1H3/t8-,9+,12-,13-/m0/s1. The average Bonchev–Trinajstić information content (AvgIpc) is 2.98. The van der Waals surface area contributed by atoms with E-state index in [1.165, 1.54) is 12.8 Å². The highest BCUT2D eigenvalue weighted by Crippen LogP contribution is 2.56. The van der Waals surface area contributed by atoms with E-state index < -0.39 is 0 Å². The maximum atomic E-state index is 12.4. The summed E-state index contributed by atoms with van der Waals surface area (Å²) in [6.45, 7) is 2.17. The first-order valence-corrected chi connectivity index (χ1v) is 6.65. The molecule has 1 aromatic carbocycles. The van der Waals surface area contributed by atoms with Crippen molar-refractivity contribution >= 4 is 11.8 Å². The lowest BCUT2D eigenvalue weighted by Gasteiger charge is -2.27. The van der Waals surface area contributed by atoms with Crippen molar-refractivity contribution in [3.8, 4) is 0 Å². The van der Waals surface area contributed by atoms with Gasteiger partial charge in [0.1, 0.15) is 0 Å². The average molecular weight is 241 g/mol. The third-order valence-electron chi connectivity index (χ3n) is 4.80. The van der Waals surface area contributed by atoms with Gasteiger partial charge >= 0.3 is 0 Å². The first-order valence-electron chi connectivity index (χ1n) is 6.65. The summed E-state index contributed by atoms with van der Waals surface area (Å²) in [5.74, 6) is 1.62. The van der Waals surface area contributed by atoms with Crippen molar-refractivity contribution in [2.24, 2.45) is 17.8 Å². The van der Waals surface area contributed by atoms with Gasteiger partial charge in [-0.15, -0.1) is 0 Å². The summed E-state index contributed by atoms with van der Waals surface area (Å²) in [4.78, 5) is 26.4. The first-order chi connectivity index (χ1) is 8.68. The highest BCUT2D eigenvalue weighted by Gasteiger charge is 2.57. The minimum atomic E-state index is -0.0833. The molecule has 2 amide bonds. The van der Waals surface area contributed by atoms with Crippen molar-refractivity contribution in [1.82, 2.24) is 4.90 Å². The van der Waals surface area contributed by atoms with Gasteiger partial charge < -0.3 is 0 Å². The second-order valence-electron chi connectivity index (χ2n) is 5.89. The Bertz CT molecular complexity index is 528. The van der Waals surface area contributed by atoms with Crippen LogP contribution in [0.25, 0.3) is 0 Å². The Kier molecular flexibility index (Phi) is 1.84. The molecule has 1 heterocycles. The molecule has 0 radical (unpaired) electrons. The Labute approximate surface area is 106 Å². The van der Waals surface area contributed by atoms with Gasteiger partial charge in [0, 0.05) is 6.04 Å². The summed E-state index contributed by atoms with van der Waals surface area (Å²) in [5.41, 5.74) is 1.16. The molecule has 0 bridgehead atoms. The zero-order chi connectivity index (χ0) is 12.4.